The lowest BCUT2D eigenvalue weighted by atomic mass is 10.0. The number of benzene rings is 1. The fraction of sp³-hybridized carbons (Fsp3) is 0. The maximum absolute atomic E-state index is 13.5. The van der Waals surface area contributed by atoms with Crippen molar-refractivity contribution in [2.24, 2.45) is 0 Å². The minimum Gasteiger partial charge on any atom is -0.328 e. The van der Waals surface area contributed by atoms with Crippen molar-refractivity contribution in [2.45, 2.75) is 0 Å². The van der Waals surface area contributed by atoms with E-state index in [9.17, 15) is 26.7 Å². The average Bonchev–Trinajstić information content (AvgIpc) is 2.39. The first-order chi connectivity index (χ1) is 8.86. The van der Waals surface area contributed by atoms with Gasteiger partial charge in [-0.05, 0) is 6.07 Å². The van der Waals surface area contributed by atoms with Crippen LogP contribution in [0.4, 0.5) is 22.0 Å². The van der Waals surface area contributed by atoms with Crippen LogP contribution in [0.2, 0.25) is 5.02 Å². The highest BCUT2D eigenvalue weighted by atomic mass is 35.5. The molecular formula is C11H3ClF5NO. The van der Waals surface area contributed by atoms with Gasteiger partial charge in [-0.25, -0.2) is 22.0 Å². The molecule has 0 aliphatic rings. The lowest BCUT2D eigenvalue weighted by Crippen LogP contribution is -2.09. The molecule has 0 saturated heterocycles. The molecule has 100 valence electrons. The lowest BCUT2D eigenvalue weighted by Gasteiger charge is -2.09. The van der Waals surface area contributed by atoms with Gasteiger partial charge in [0.15, 0.2) is 23.3 Å². The second-order valence-electron chi connectivity index (χ2n) is 3.48. The summed E-state index contributed by atoms with van der Waals surface area (Å²) in [6, 6.07) is 0.933. The summed E-state index contributed by atoms with van der Waals surface area (Å²) in [4.78, 5) is 13.3. The molecule has 0 amide bonds. The molecule has 2 rings (SSSR count). The van der Waals surface area contributed by atoms with Gasteiger partial charge in [0.1, 0.15) is 5.02 Å². The van der Waals surface area contributed by atoms with Crippen molar-refractivity contribution < 1.29 is 22.0 Å². The molecule has 0 atom stereocenters. The van der Waals surface area contributed by atoms with Crippen molar-refractivity contribution in [1.82, 2.24) is 4.98 Å². The molecule has 0 spiro atoms. The van der Waals surface area contributed by atoms with Crippen molar-refractivity contribution >= 4 is 11.6 Å². The standard InChI is InChI=1S/C11H3ClF5NO/c12-5-3(1-2-18-11(5)19)4-6(13)8(15)10(17)9(16)7(4)14/h1-2H,(H,18,19). The molecule has 1 aromatic heterocycles. The summed E-state index contributed by atoms with van der Waals surface area (Å²) in [5, 5.41) is -0.675. The van der Waals surface area contributed by atoms with Gasteiger partial charge < -0.3 is 4.98 Å². The predicted molar refractivity (Wildman–Crippen MR) is 57.3 cm³/mol. The maximum atomic E-state index is 13.5. The highest BCUT2D eigenvalue weighted by Crippen LogP contribution is 2.33. The Morgan fingerprint density at radius 1 is 0.895 bits per heavy atom. The Balaban J connectivity index is 2.91. The smallest absolute Gasteiger partial charge is 0.267 e. The van der Waals surface area contributed by atoms with E-state index in [-0.39, 0.29) is 0 Å². The number of hydrogen-bond donors (Lipinski definition) is 1. The van der Waals surface area contributed by atoms with Gasteiger partial charge in [-0.3, -0.25) is 4.79 Å². The molecule has 1 N–H and O–H groups in total. The van der Waals surface area contributed by atoms with E-state index in [1.807, 2.05) is 0 Å². The van der Waals surface area contributed by atoms with Crippen LogP contribution in [-0.4, -0.2) is 4.98 Å². The third-order valence-corrected chi connectivity index (χ3v) is 2.75. The molecule has 2 nitrogen and oxygen atoms in total. The number of halogens is 6. The van der Waals surface area contributed by atoms with E-state index in [0.29, 0.717) is 0 Å². The fourth-order valence-corrected chi connectivity index (χ4v) is 1.71. The van der Waals surface area contributed by atoms with Crippen LogP contribution in [0.1, 0.15) is 0 Å². The third kappa shape index (κ3) is 1.99. The van der Waals surface area contributed by atoms with Gasteiger partial charge in [0, 0.05) is 11.8 Å². The van der Waals surface area contributed by atoms with Crippen molar-refractivity contribution in [3.05, 3.63) is 56.7 Å². The van der Waals surface area contributed by atoms with Gasteiger partial charge in [-0.1, -0.05) is 11.6 Å². The predicted octanol–water partition coefficient (Wildman–Crippen LogP) is 3.39. The summed E-state index contributed by atoms with van der Waals surface area (Å²) >= 11 is 5.50. The first-order valence-electron chi connectivity index (χ1n) is 4.75. The van der Waals surface area contributed by atoms with Gasteiger partial charge >= 0.3 is 0 Å². The summed E-state index contributed by atoms with van der Waals surface area (Å²) in [6.07, 6.45) is 0.974. The van der Waals surface area contributed by atoms with Crippen LogP contribution in [0.25, 0.3) is 11.1 Å². The van der Waals surface area contributed by atoms with Crippen LogP contribution in [0.3, 0.4) is 0 Å². The van der Waals surface area contributed by atoms with Crippen LogP contribution in [0, 0.1) is 29.1 Å². The highest BCUT2D eigenvalue weighted by Gasteiger charge is 2.27. The zero-order valence-electron chi connectivity index (χ0n) is 8.83. The largest absolute Gasteiger partial charge is 0.328 e. The number of H-pyrrole nitrogens is 1. The Bertz CT molecular complexity index is 699. The molecule has 0 aliphatic carbocycles. The van der Waals surface area contributed by atoms with Gasteiger partial charge in [0.05, 0.1) is 5.56 Å². The highest BCUT2D eigenvalue weighted by molar-refractivity contribution is 6.33. The molecular weight excluding hydrogens is 293 g/mol. The number of pyridine rings is 1. The Morgan fingerprint density at radius 2 is 1.37 bits per heavy atom. The second kappa shape index (κ2) is 4.65. The zero-order chi connectivity index (χ0) is 14.3. The summed E-state index contributed by atoms with van der Waals surface area (Å²) in [6.45, 7) is 0. The van der Waals surface area contributed by atoms with Crippen LogP contribution in [0.15, 0.2) is 17.1 Å². The number of nitrogens with one attached hydrogen (secondary N) is 1. The van der Waals surface area contributed by atoms with Crippen molar-refractivity contribution in [1.29, 1.82) is 0 Å². The average molecular weight is 296 g/mol. The quantitative estimate of drug-likeness (QED) is 0.488. The van der Waals surface area contributed by atoms with E-state index >= 15 is 0 Å². The summed E-state index contributed by atoms with van der Waals surface area (Å²) < 4.78 is 65.9. The summed E-state index contributed by atoms with van der Waals surface area (Å²) in [7, 11) is 0. The Labute approximate surface area is 107 Å². The van der Waals surface area contributed by atoms with Crippen molar-refractivity contribution in [3.8, 4) is 11.1 Å². The van der Waals surface area contributed by atoms with Gasteiger partial charge in [-0.2, -0.15) is 0 Å². The van der Waals surface area contributed by atoms with Crippen LogP contribution in [0.5, 0.6) is 0 Å². The molecule has 1 heterocycles. The van der Waals surface area contributed by atoms with Gasteiger partial charge in [0.25, 0.3) is 5.56 Å². The topological polar surface area (TPSA) is 32.9 Å². The van der Waals surface area contributed by atoms with E-state index in [1.54, 1.807) is 0 Å². The molecule has 0 unspecified atom stereocenters. The zero-order valence-corrected chi connectivity index (χ0v) is 9.59. The SMILES string of the molecule is O=c1[nH]ccc(-c2c(F)c(F)c(F)c(F)c2F)c1Cl. The molecule has 0 fully saturated rings. The van der Waals surface area contributed by atoms with E-state index in [1.165, 1.54) is 0 Å². The van der Waals surface area contributed by atoms with E-state index in [0.717, 1.165) is 12.3 Å². The number of aromatic amines is 1. The summed E-state index contributed by atoms with van der Waals surface area (Å²) in [5.74, 6) is -10.6. The number of hydrogen-bond acceptors (Lipinski definition) is 1. The minimum absolute atomic E-state index is 0.585. The first kappa shape index (κ1) is 13.5. The van der Waals surface area contributed by atoms with E-state index in [2.05, 4.69) is 4.98 Å². The maximum Gasteiger partial charge on any atom is 0.267 e. The normalized spacial score (nSPS) is 10.8. The van der Waals surface area contributed by atoms with E-state index < -0.39 is 50.8 Å². The van der Waals surface area contributed by atoms with Crippen LogP contribution >= 0.6 is 11.6 Å². The van der Waals surface area contributed by atoms with Crippen LogP contribution in [-0.2, 0) is 0 Å². The number of rotatable bonds is 1. The molecule has 2 aromatic rings. The third-order valence-electron chi connectivity index (χ3n) is 2.38. The second-order valence-corrected chi connectivity index (χ2v) is 3.86. The fourth-order valence-electron chi connectivity index (χ4n) is 1.49. The van der Waals surface area contributed by atoms with Crippen LogP contribution < -0.4 is 5.56 Å². The molecule has 1 aromatic carbocycles. The Morgan fingerprint density at radius 3 is 1.89 bits per heavy atom. The summed E-state index contributed by atoms with van der Waals surface area (Å²) in [5.41, 5.74) is -2.74. The molecule has 19 heavy (non-hydrogen) atoms. The lowest BCUT2D eigenvalue weighted by molar-refractivity contribution is 0.381. The molecule has 0 radical (unpaired) electrons. The van der Waals surface area contributed by atoms with Crippen molar-refractivity contribution in [2.75, 3.05) is 0 Å². The van der Waals surface area contributed by atoms with Gasteiger partial charge in [0.2, 0.25) is 5.82 Å². The Kier molecular flexibility index (Phi) is 3.32. The molecule has 8 heteroatoms. The molecule has 0 bridgehead atoms. The Hall–Kier alpha value is -1.89. The van der Waals surface area contributed by atoms with Crippen molar-refractivity contribution in [3.63, 3.8) is 0 Å². The first-order valence-corrected chi connectivity index (χ1v) is 5.13. The van der Waals surface area contributed by atoms with Gasteiger partial charge in [-0.15, -0.1) is 0 Å². The van der Waals surface area contributed by atoms with E-state index in [4.69, 9.17) is 11.6 Å². The molecule has 0 saturated carbocycles. The minimum atomic E-state index is -2.28. The number of aromatic nitrogens is 1. The monoisotopic (exact) mass is 295 g/mol. The molecule has 0 aliphatic heterocycles.